The maximum atomic E-state index is 13.1. The number of ether oxygens (including phenoxy) is 2. The Bertz CT molecular complexity index is 1040. The van der Waals surface area contributed by atoms with E-state index in [2.05, 4.69) is 31.3 Å². The van der Waals surface area contributed by atoms with Gasteiger partial charge in [0.2, 0.25) is 5.91 Å². The monoisotopic (exact) mass is 938 g/mol. The average molecular weight is 939 g/mol. The number of unbranched alkanes of at least 4 members (excludes halogenated alkanes) is 38. The van der Waals surface area contributed by atoms with Crippen LogP contribution in [0.1, 0.15) is 290 Å². The molecular formula is C57H111NO8. The number of hydrogen-bond donors (Lipinski definition) is 6. The molecule has 7 atom stereocenters. The number of carbonyl (C=O) groups excluding carboxylic acids is 1. The summed E-state index contributed by atoms with van der Waals surface area (Å²) in [4.78, 5) is 13.1. The largest absolute Gasteiger partial charge is 0.394 e. The summed E-state index contributed by atoms with van der Waals surface area (Å²) in [7, 11) is 0. The van der Waals surface area contributed by atoms with Gasteiger partial charge in [0, 0.05) is 6.42 Å². The van der Waals surface area contributed by atoms with Gasteiger partial charge >= 0.3 is 0 Å². The molecule has 9 nitrogen and oxygen atoms in total. The maximum absolute atomic E-state index is 13.1. The van der Waals surface area contributed by atoms with E-state index >= 15 is 0 Å². The van der Waals surface area contributed by atoms with Crippen molar-refractivity contribution in [1.82, 2.24) is 5.32 Å². The number of hydrogen-bond acceptors (Lipinski definition) is 8. The van der Waals surface area contributed by atoms with Gasteiger partial charge < -0.3 is 40.3 Å². The molecule has 0 spiro atoms. The maximum Gasteiger partial charge on any atom is 0.220 e. The number of nitrogens with one attached hydrogen (secondary N) is 1. The Hall–Kier alpha value is -1.07. The Morgan fingerprint density at radius 3 is 1.23 bits per heavy atom. The molecule has 0 saturated carbocycles. The van der Waals surface area contributed by atoms with Gasteiger partial charge in [-0.15, -0.1) is 0 Å². The number of rotatable bonds is 50. The Labute approximate surface area is 407 Å². The van der Waals surface area contributed by atoms with E-state index in [9.17, 15) is 30.3 Å². The van der Waals surface area contributed by atoms with E-state index in [0.29, 0.717) is 12.8 Å². The first kappa shape index (κ1) is 62.9. The number of aliphatic hydroxyl groups excluding tert-OH is 5. The summed E-state index contributed by atoms with van der Waals surface area (Å²) in [6, 6.07) is -0.719. The third-order valence-corrected chi connectivity index (χ3v) is 14.1. The second-order valence-corrected chi connectivity index (χ2v) is 20.4. The summed E-state index contributed by atoms with van der Waals surface area (Å²) in [6.45, 7) is 3.87. The first-order valence-corrected chi connectivity index (χ1v) is 28.9. The number of carbonyl (C=O) groups is 1. The molecule has 7 unspecified atom stereocenters. The van der Waals surface area contributed by atoms with Crippen LogP contribution in [0.2, 0.25) is 0 Å². The predicted octanol–water partition coefficient (Wildman–Crippen LogP) is 14.0. The summed E-state index contributed by atoms with van der Waals surface area (Å²) >= 11 is 0. The van der Waals surface area contributed by atoms with E-state index < -0.39 is 49.5 Å². The number of amides is 1. The van der Waals surface area contributed by atoms with Crippen LogP contribution in [0.4, 0.5) is 0 Å². The minimum atomic E-state index is -1.55. The zero-order chi connectivity index (χ0) is 48.0. The van der Waals surface area contributed by atoms with E-state index in [0.717, 1.165) is 38.5 Å². The van der Waals surface area contributed by atoms with Crippen molar-refractivity contribution in [2.24, 2.45) is 0 Å². The van der Waals surface area contributed by atoms with Crippen molar-refractivity contribution in [3.8, 4) is 0 Å². The fraction of sp³-hybridized carbons (Fsp3) is 0.947. The van der Waals surface area contributed by atoms with Crippen LogP contribution in [0, 0.1) is 0 Å². The van der Waals surface area contributed by atoms with Gasteiger partial charge in [0.05, 0.1) is 25.4 Å². The quantitative estimate of drug-likeness (QED) is 0.0261. The average Bonchev–Trinajstić information content (AvgIpc) is 3.32. The zero-order valence-electron chi connectivity index (χ0n) is 43.5. The van der Waals surface area contributed by atoms with Gasteiger partial charge in [-0.2, -0.15) is 0 Å². The molecule has 392 valence electrons. The number of allylic oxidation sites excluding steroid dienone is 2. The molecule has 0 radical (unpaired) electrons. The Morgan fingerprint density at radius 2 is 0.848 bits per heavy atom. The Kier molecular flexibility index (Phi) is 45.4. The van der Waals surface area contributed by atoms with Gasteiger partial charge in [0.25, 0.3) is 0 Å². The highest BCUT2D eigenvalue weighted by Gasteiger charge is 2.44. The Balaban J connectivity index is 2.19. The molecule has 6 N–H and O–H groups in total. The molecule has 1 heterocycles. The van der Waals surface area contributed by atoms with Crippen LogP contribution in [-0.2, 0) is 14.3 Å². The van der Waals surface area contributed by atoms with Crippen molar-refractivity contribution < 1.29 is 39.8 Å². The second kappa shape index (κ2) is 47.6. The van der Waals surface area contributed by atoms with Crippen LogP contribution in [0.15, 0.2) is 12.2 Å². The zero-order valence-corrected chi connectivity index (χ0v) is 43.5. The molecule has 1 fully saturated rings. The van der Waals surface area contributed by atoms with Crippen molar-refractivity contribution in [2.75, 3.05) is 13.2 Å². The standard InChI is InChI=1S/C57H111NO8/c1-3-5-7-9-11-13-15-17-19-21-23-24-25-26-27-28-29-30-32-34-36-38-40-42-44-46-51(60)50(49-65-57-56(64)55(63)54(62)52(48-59)66-57)58-53(61)47-45-43-41-39-37-35-33-31-22-20-18-16-14-12-10-8-6-4-2/h20,22,50-52,54-57,59-60,62-64H,3-19,21,23-49H2,1-2H3,(H,58,61)/b22-20-. The fourth-order valence-corrected chi connectivity index (χ4v) is 9.51. The lowest BCUT2D eigenvalue weighted by Gasteiger charge is -2.40. The lowest BCUT2D eigenvalue weighted by Crippen LogP contribution is -2.60. The summed E-state index contributed by atoms with van der Waals surface area (Å²) < 4.78 is 11.3. The summed E-state index contributed by atoms with van der Waals surface area (Å²) in [5, 5.41) is 54.7. The van der Waals surface area contributed by atoms with Gasteiger partial charge in [-0.3, -0.25) is 4.79 Å². The van der Waals surface area contributed by atoms with Crippen molar-refractivity contribution in [2.45, 2.75) is 333 Å². The minimum absolute atomic E-state index is 0.136. The molecule has 1 aliphatic heterocycles. The molecule has 9 heteroatoms. The van der Waals surface area contributed by atoms with E-state index in [-0.39, 0.29) is 12.5 Å². The third kappa shape index (κ3) is 36.9. The van der Waals surface area contributed by atoms with Crippen LogP contribution in [0.25, 0.3) is 0 Å². The molecule has 1 amide bonds. The highest BCUT2D eigenvalue weighted by atomic mass is 16.7. The second-order valence-electron chi connectivity index (χ2n) is 20.4. The molecule has 1 saturated heterocycles. The van der Waals surface area contributed by atoms with Crippen LogP contribution in [0.5, 0.6) is 0 Å². The summed E-state index contributed by atoms with van der Waals surface area (Å²) in [5.74, 6) is -0.144. The van der Waals surface area contributed by atoms with Crippen molar-refractivity contribution in [3.05, 3.63) is 12.2 Å². The molecule has 0 aliphatic carbocycles. The van der Waals surface area contributed by atoms with Crippen LogP contribution in [0.3, 0.4) is 0 Å². The lowest BCUT2D eigenvalue weighted by molar-refractivity contribution is -0.302. The lowest BCUT2D eigenvalue weighted by atomic mass is 9.99. The van der Waals surface area contributed by atoms with Gasteiger partial charge in [0.15, 0.2) is 6.29 Å². The van der Waals surface area contributed by atoms with E-state index in [1.807, 2.05) is 0 Å². The van der Waals surface area contributed by atoms with Crippen molar-refractivity contribution >= 4 is 5.91 Å². The van der Waals surface area contributed by atoms with Gasteiger partial charge in [-0.1, -0.05) is 257 Å². The predicted molar refractivity (Wildman–Crippen MR) is 277 cm³/mol. The highest BCUT2D eigenvalue weighted by molar-refractivity contribution is 5.76. The molecule has 66 heavy (non-hydrogen) atoms. The molecule has 0 aromatic heterocycles. The molecule has 1 rings (SSSR count). The third-order valence-electron chi connectivity index (χ3n) is 14.1. The van der Waals surface area contributed by atoms with Crippen LogP contribution in [-0.4, -0.2) is 87.5 Å². The van der Waals surface area contributed by atoms with Crippen molar-refractivity contribution in [1.29, 1.82) is 0 Å². The first-order valence-electron chi connectivity index (χ1n) is 28.9. The van der Waals surface area contributed by atoms with E-state index in [4.69, 9.17) is 9.47 Å². The molecule has 0 bridgehead atoms. The van der Waals surface area contributed by atoms with Gasteiger partial charge in [-0.25, -0.2) is 0 Å². The topological polar surface area (TPSA) is 149 Å². The van der Waals surface area contributed by atoms with Gasteiger partial charge in [-0.05, 0) is 38.5 Å². The Morgan fingerprint density at radius 1 is 0.500 bits per heavy atom. The first-order chi connectivity index (χ1) is 32.3. The smallest absolute Gasteiger partial charge is 0.220 e. The van der Waals surface area contributed by atoms with Crippen LogP contribution < -0.4 is 5.32 Å². The van der Waals surface area contributed by atoms with Crippen LogP contribution >= 0.6 is 0 Å². The normalized spacial score (nSPS) is 19.8. The molecule has 0 aromatic rings. The molecular weight excluding hydrogens is 827 g/mol. The fourth-order valence-electron chi connectivity index (χ4n) is 9.51. The van der Waals surface area contributed by atoms with E-state index in [1.54, 1.807) is 0 Å². The summed E-state index contributed by atoms with van der Waals surface area (Å²) in [6.07, 6.45) is 50.9. The highest BCUT2D eigenvalue weighted by Crippen LogP contribution is 2.23. The number of aliphatic hydroxyl groups is 5. The SMILES string of the molecule is CCCCCCCCC/C=C\CCCCCCCCCC(=O)NC(COC1OC(CO)C(O)C(O)C1O)C(O)CCCCCCCCCCCCCCCCCCCCCCCCCCC. The molecule has 1 aliphatic rings. The summed E-state index contributed by atoms with van der Waals surface area (Å²) in [5.41, 5.74) is 0. The molecule has 0 aromatic carbocycles. The van der Waals surface area contributed by atoms with Crippen molar-refractivity contribution in [3.63, 3.8) is 0 Å². The van der Waals surface area contributed by atoms with E-state index in [1.165, 1.54) is 225 Å². The van der Waals surface area contributed by atoms with Gasteiger partial charge in [0.1, 0.15) is 24.4 Å². The minimum Gasteiger partial charge on any atom is -0.394 e.